The molecule has 3 nitrogen and oxygen atoms in total. The smallest absolute Gasteiger partial charge is 0.192 e. The van der Waals surface area contributed by atoms with Crippen LogP contribution in [0.2, 0.25) is 18.1 Å². The second kappa shape index (κ2) is 5.86. The van der Waals surface area contributed by atoms with E-state index in [1.54, 1.807) is 0 Å². The monoisotopic (exact) mass is 405 g/mol. The van der Waals surface area contributed by atoms with Crippen LogP contribution in [-0.2, 0) is 4.43 Å². The van der Waals surface area contributed by atoms with Gasteiger partial charge in [0.05, 0.1) is 17.2 Å². The average molecular weight is 406 g/mol. The lowest BCUT2D eigenvalue weighted by Gasteiger charge is -2.60. The maximum Gasteiger partial charge on any atom is 0.192 e. The maximum absolute atomic E-state index is 12.2. The van der Waals surface area contributed by atoms with Crippen LogP contribution in [0.4, 0.5) is 0 Å². The van der Waals surface area contributed by atoms with Crippen molar-refractivity contribution < 1.29 is 9.53 Å². The fourth-order valence-electron chi connectivity index (χ4n) is 9.42. The van der Waals surface area contributed by atoms with Gasteiger partial charge in [-0.15, -0.1) is 0 Å². The number of hydrogen-bond donors (Lipinski definition) is 1. The summed E-state index contributed by atoms with van der Waals surface area (Å²) in [4.78, 5) is 2.93. The minimum Gasteiger partial charge on any atom is -0.409 e. The second-order valence-electron chi connectivity index (χ2n) is 11.6. The molecule has 160 valence electrons. The van der Waals surface area contributed by atoms with Gasteiger partial charge in [-0.1, -0.05) is 48.0 Å². The molecule has 2 aliphatic carbocycles. The molecule has 7 atom stereocenters. The van der Waals surface area contributed by atoms with Gasteiger partial charge in [-0.2, -0.15) is 0 Å². The van der Waals surface area contributed by atoms with E-state index < -0.39 is 13.9 Å². The number of aliphatic hydroxyl groups is 1. The van der Waals surface area contributed by atoms with E-state index in [4.69, 9.17) is 4.43 Å². The third kappa shape index (κ3) is 1.86. The van der Waals surface area contributed by atoms with E-state index in [-0.39, 0.29) is 17.1 Å². The number of piperidine rings is 1. The van der Waals surface area contributed by atoms with Crippen molar-refractivity contribution in [2.75, 3.05) is 0 Å². The molecule has 0 amide bonds. The molecule has 28 heavy (non-hydrogen) atoms. The fourth-order valence-corrected chi connectivity index (χ4v) is 12.6. The summed E-state index contributed by atoms with van der Waals surface area (Å²) >= 11 is 0. The lowest BCUT2D eigenvalue weighted by molar-refractivity contribution is -0.181. The average Bonchev–Trinajstić information content (AvgIpc) is 3.34. The second-order valence-corrected chi connectivity index (χ2v) is 16.3. The molecule has 2 saturated carbocycles. The summed E-state index contributed by atoms with van der Waals surface area (Å²) in [7, 11) is -1.79. The van der Waals surface area contributed by atoms with Crippen LogP contribution in [0.3, 0.4) is 0 Å². The first-order valence-corrected chi connectivity index (χ1v) is 15.0. The largest absolute Gasteiger partial charge is 0.409 e. The van der Waals surface area contributed by atoms with Gasteiger partial charge in [0.1, 0.15) is 0 Å². The van der Waals surface area contributed by atoms with Crippen molar-refractivity contribution in [3.63, 3.8) is 0 Å². The van der Waals surface area contributed by atoms with Gasteiger partial charge in [-0.05, 0) is 62.6 Å². The molecule has 0 aromatic carbocycles. The lowest BCUT2D eigenvalue weighted by Crippen LogP contribution is -2.70. The zero-order valence-electron chi connectivity index (χ0n) is 19.2. The van der Waals surface area contributed by atoms with E-state index in [1.165, 1.54) is 50.2 Å². The summed E-state index contributed by atoms with van der Waals surface area (Å²) in [5.41, 5.74) is -0.121. The van der Waals surface area contributed by atoms with Gasteiger partial charge in [0.25, 0.3) is 0 Å². The molecular formula is C24H43NO2Si. The van der Waals surface area contributed by atoms with E-state index in [2.05, 4.69) is 46.4 Å². The number of rotatable bonds is 6. The highest BCUT2D eigenvalue weighted by Crippen LogP contribution is 2.79. The molecule has 5 aliphatic rings. The fraction of sp³-hybridized carbons (Fsp3) is 1.00. The summed E-state index contributed by atoms with van der Waals surface area (Å²) in [6, 6.07) is 4.52. The van der Waals surface area contributed by atoms with Crippen molar-refractivity contribution >= 4 is 8.32 Å². The van der Waals surface area contributed by atoms with E-state index in [1.807, 2.05) is 0 Å². The van der Waals surface area contributed by atoms with Crippen LogP contribution in [0.1, 0.15) is 86.5 Å². The topological polar surface area (TPSA) is 32.7 Å². The van der Waals surface area contributed by atoms with E-state index in [9.17, 15) is 5.11 Å². The van der Waals surface area contributed by atoms with Crippen molar-refractivity contribution in [1.82, 2.24) is 4.90 Å². The molecule has 4 bridgehead atoms. The normalized spacial score (nSPS) is 52.1. The molecule has 0 aromatic rings. The third-order valence-corrected chi connectivity index (χ3v) is 15.8. The zero-order chi connectivity index (χ0) is 20.2. The van der Waals surface area contributed by atoms with Crippen LogP contribution >= 0.6 is 0 Å². The highest BCUT2D eigenvalue weighted by molar-refractivity contribution is 6.73. The van der Waals surface area contributed by atoms with E-state index in [0.717, 1.165) is 12.8 Å². The summed E-state index contributed by atoms with van der Waals surface area (Å²) in [5, 5.41) is 12.2. The minimum absolute atomic E-state index is 0.101. The predicted octanol–water partition coefficient (Wildman–Crippen LogP) is 5.33. The third-order valence-electron chi connectivity index (χ3n) is 11.1. The van der Waals surface area contributed by atoms with Crippen molar-refractivity contribution in [3.8, 4) is 0 Å². The molecule has 3 heterocycles. The van der Waals surface area contributed by atoms with E-state index in [0.29, 0.717) is 23.4 Å². The number of hydrogen-bond acceptors (Lipinski definition) is 3. The van der Waals surface area contributed by atoms with Crippen LogP contribution in [0.25, 0.3) is 0 Å². The predicted molar refractivity (Wildman–Crippen MR) is 117 cm³/mol. The van der Waals surface area contributed by atoms with Gasteiger partial charge < -0.3 is 9.53 Å². The quantitative estimate of drug-likeness (QED) is 0.606. The molecule has 1 spiro atoms. The summed E-state index contributed by atoms with van der Waals surface area (Å²) in [6.07, 6.45) is 8.83. The molecule has 1 N–H and O–H groups in total. The Morgan fingerprint density at radius 3 is 2.32 bits per heavy atom. The number of nitrogens with zero attached hydrogens (tertiary/aromatic N) is 1. The van der Waals surface area contributed by atoms with Crippen molar-refractivity contribution in [1.29, 1.82) is 0 Å². The molecule has 3 saturated heterocycles. The molecule has 0 radical (unpaired) electrons. The summed E-state index contributed by atoms with van der Waals surface area (Å²) < 4.78 is 7.77. The molecule has 7 unspecified atom stereocenters. The Balaban J connectivity index is 1.74. The summed E-state index contributed by atoms with van der Waals surface area (Å²) in [6.45, 7) is 14.2. The van der Waals surface area contributed by atoms with Crippen LogP contribution < -0.4 is 0 Å². The standard InChI is InChI=1S/C24H43NO2Si/c1-7-28(8-2,9-3)27-24-18-11-10-13-22(18)14-12-19-21(24,6)15-16-23(26,17(4)5)20(24)25(19)22/h17-20,26H,7-16H2,1-6H3. The van der Waals surface area contributed by atoms with Gasteiger partial charge in [0.15, 0.2) is 8.32 Å². The van der Waals surface area contributed by atoms with Gasteiger partial charge in [0, 0.05) is 22.9 Å². The molecular weight excluding hydrogens is 362 g/mol. The van der Waals surface area contributed by atoms with Gasteiger partial charge >= 0.3 is 0 Å². The Labute approximate surface area is 173 Å². The molecule has 3 aliphatic heterocycles. The van der Waals surface area contributed by atoms with Gasteiger partial charge in [0.2, 0.25) is 0 Å². The molecule has 0 aromatic heterocycles. The van der Waals surface area contributed by atoms with Crippen LogP contribution in [0.15, 0.2) is 0 Å². The first-order valence-electron chi connectivity index (χ1n) is 12.4. The Hall–Kier alpha value is 0.0969. The summed E-state index contributed by atoms with van der Waals surface area (Å²) in [5.74, 6) is 0.942. The minimum atomic E-state index is -1.79. The number of fused-ring (bicyclic) bond motifs is 1. The Morgan fingerprint density at radius 1 is 1.04 bits per heavy atom. The Bertz CT molecular complexity index is 657. The molecule has 5 fully saturated rings. The van der Waals surface area contributed by atoms with Crippen LogP contribution in [0, 0.1) is 17.3 Å². The van der Waals surface area contributed by atoms with Crippen molar-refractivity contribution in [2.45, 2.75) is 133 Å². The Kier molecular flexibility index (Phi) is 4.19. The zero-order valence-corrected chi connectivity index (χ0v) is 20.2. The van der Waals surface area contributed by atoms with Crippen molar-refractivity contribution in [2.24, 2.45) is 17.3 Å². The van der Waals surface area contributed by atoms with E-state index >= 15 is 0 Å². The lowest BCUT2D eigenvalue weighted by atomic mass is 9.52. The van der Waals surface area contributed by atoms with Gasteiger partial charge in [-0.3, -0.25) is 4.90 Å². The van der Waals surface area contributed by atoms with Gasteiger partial charge in [-0.25, -0.2) is 0 Å². The highest BCUT2D eigenvalue weighted by Gasteiger charge is 2.88. The SMILES string of the molecule is CC[Si](CC)(CC)OC12C3N4C(CCC45CCCC51)C2(C)CCC3(O)C(C)C. The van der Waals surface area contributed by atoms with Crippen molar-refractivity contribution in [3.05, 3.63) is 0 Å². The highest BCUT2D eigenvalue weighted by atomic mass is 28.4. The molecule has 5 rings (SSSR count). The maximum atomic E-state index is 12.2. The van der Waals surface area contributed by atoms with Crippen LogP contribution in [0.5, 0.6) is 0 Å². The Morgan fingerprint density at radius 2 is 1.71 bits per heavy atom. The first-order chi connectivity index (χ1) is 13.2. The molecule has 4 heteroatoms. The van der Waals surface area contributed by atoms with Crippen LogP contribution in [-0.4, -0.2) is 47.1 Å². The first kappa shape index (κ1) is 20.0.